The molecule has 0 radical (unpaired) electrons. The number of hydrogen-bond donors (Lipinski definition) is 3. The molecule has 0 aromatic heterocycles. The lowest BCUT2D eigenvalue weighted by molar-refractivity contribution is -0.123. The second-order valence-corrected chi connectivity index (χ2v) is 4.59. The minimum absolute atomic E-state index is 0.0326. The number of rotatable bonds is 9. The van der Waals surface area contributed by atoms with Crippen LogP contribution in [-0.2, 0) is 9.59 Å². The van der Waals surface area contributed by atoms with Crippen molar-refractivity contribution in [1.29, 1.82) is 0 Å². The summed E-state index contributed by atoms with van der Waals surface area (Å²) in [6.45, 7) is 11.4. The predicted molar refractivity (Wildman–Crippen MR) is 84.0 cm³/mol. The van der Waals surface area contributed by atoms with Crippen molar-refractivity contribution >= 4 is 21.1 Å². The van der Waals surface area contributed by atoms with Crippen molar-refractivity contribution in [2.45, 2.75) is 47.1 Å². The van der Waals surface area contributed by atoms with Gasteiger partial charge in [0.1, 0.15) is 5.78 Å². The Bertz CT molecular complexity index is 242. The van der Waals surface area contributed by atoms with Gasteiger partial charge in [-0.15, -0.1) is 0 Å². The number of carbonyl (C=O) groups is 2. The standard InChI is InChI=1S/C11H24N3O2P.C2H6/c1-4-12-9(7-14-17)11(16)13-6-5-10(15)8(2)3;1-2/h8-9,12,14H,4-7,17H2,1-3H3,(H,13,16);1-2H3. The van der Waals surface area contributed by atoms with E-state index in [1.54, 1.807) is 0 Å². The summed E-state index contributed by atoms with van der Waals surface area (Å²) in [5.74, 6) is 0.137. The molecule has 1 amide bonds. The quantitative estimate of drug-likeness (QED) is 0.556. The van der Waals surface area contributed by atoms with Gasteiger partial charge in [-0.1, -0.05) is 44.0 Å². The van der Waals surface area contributed by atoms with Crippen molar-refractivity contribution in [3.05, 3.63) is 0 Å². The van der Waals surface area contributed by atoms with Crippen LogP contribution in [0.2, 0.25) is 0 Å². The Kier molecular flexibility index (Phi) is 15.2. The van der Waals surface area contributed by atoms with Gasteiger partial charge in [0.25, 0.3) is 0 Å². The Morgan fingerprint density at radius 1 is 1.21 bits per heavy atom. The summed E-state index contributed by atoms with van der Waals surface area (Å²) < 4.78 is 0. The first kappa shape index (κ1) is 20.8. The van der Waals surface area contributed by atoms with Crippen LogP contribution in [0.25, 0.3) is 0 Å². The predicted octanol–water partition coefficient (Wildman–Crippen LogP) is 1.10. The van der Waals surface area contributed by atoms with E-state index in [4.69, 9.17) is 0 Å². The highest BCUT2D eigenvalue weighted by molar-refractivity contribution is 7.13. The number of amides is 1. The number of nitrogens with one attached hydrogen (secondary N) is 3. The van der Waals surface area contributed by atoms with Crippen LogP contribution in [0.4, 0.5) is 0 Å². The molecule has 6 heteroatoms. The first-order valence-corrected chi connectivity index (χ1v) is 7.57. The lowest BCUT2D eigenvalue weighted by Crippen LogP contribution is -2.48. The molecule has 2 unspecified atom stereocenters. The average molecular weight is 291 g/mol. The number of ketones is 1. The van der Waals surface area contributed by atoms with Crippen LogP contribution in [0.3, 0.4) is 0 Å². The summed E-state index contributed by atoms with van der Waals surface area (Å²) in [6, 6.07) is -0.258. The molecule has 0 aliphatic heterocycles. The summed E-state index contributed by atoms with van der Waals surface area (Å²) >= 11 is 0. The van der Waals surface area contributed by atoms with Gasteiger partial charge in [-0.25, -0.2) is 0 Å². The van der Waals surface area contributed by atoms with Gasteiger partial charge in [-0.2, -0.15) is 0 Å². The molecule has 0 saturated carbocycles. The maximum atomic E-state index is 11.7. The molecule has 0 spiro atoms. The van der Waals surface area contributed by atoms with Crippen LogP contribution in [0, 0.1) is 5.92 Å². The monoisotopic (exact) mass is 291 g/mol. The zero-order chi connectivity index (χ0) is 15.3. The maximum absolute atomic E-state index is 11.7. The summed E-state index contributed by atoms with van der Waals surface area (Å²) in [5.41, 5.74) is 0. The molecule has 0 saturated heterocycles. The van der Waals surface area contributed by atoms with Gasteiger partial charge in [-0.3, -0.25) is 14.7 Å². The van der Waals surface area contributed by atoms with E-state index in [2.05, 4.69) is 25.1 Å². The summed E-state index contributed by atoms with van der Waals surface area (Å²) in [7, 11) is 2.37. The molecule has 0 aliphatic rings. The molecule has 19 heavy (non-hydrogen) atoms. The molecule has 0 aliphatic carbocycles. The topological polar surface area (TPSA) is 70.2 Å². The molecule has 0 rings (SSSR count). The van der Waals surface area contributed by atoms with Crippen molar-refractivity contribution in [2.24, 2.45) is 5.92 Å². The minimum Gasteiger partial charge on any atom is -0.354 e. The molecule has 3 N–H and O–H groups in total. The summed E-state index contributed by atoms with van der Waals surface area (Å²) in [6.07, 6.45) is 0.399. The molecular weight excluding hydrogens is 261 g/mol. The van der Waals surface area contributed by atoms with E-state index in [-0.39, 0.29) is 23.7 Å². The van der Waals surface area contributed by atoms with Gasteiger partial charge in [0.05, 0.1) is 6.04 Å². The van der Waals surface area contributed by atoms with E-state index in [0.717, 1.165) is 6.54 Å². The zero-order valence-corrected chi connectivity index (χ0v) is 14.0. The first-order chi connectivity index (χ1) is 9.02. The van der Waals surface area contributed by atoms with Gasteiger partial charge >= 0.3 is 0 Å². The van der Waals surface area contributed by atoms with E-state index >= 15 is 0 Å². The Morgan fingerprint density at radius 3 is 2.21 bits per heavy atom. The van der Waals surface area contributed by atoms with Crippen LogP contribution in [-0.4, -0.2) is 37.4 Å². The minimum atomic E-state index is -0.258. The van der Waals surface area contributed by atoms with Crippen molar-refractivity contribution in [1.82, 2.24) is 15.7 Å². The van der Waals surface area contributed by atoms with E-state index in [9.17, 15) is 9.59 Å². The highest BCUT2D eigenvalue weighted by Crippen LogP contribution is 1.97. The third-order valence-corrected chi connectivity index (χ3v) is 2.64. The fraction of sp³-hybridized carbons (Fsp3) is 0.846. The van der Waals surface area contributed by atoms with Crippen LogP contribution in [0.5, 0.6) is 0 Å². The Labute approximate surface area is 119 Å². The van der Waals surface area contributed by atoms with Gasteiger partial charge in [0.15, 0.2) is 0 Å². The van der Waals surface area contributed by atoms with Crippen LogP contribution in [0.15, 0.2) is 0 Å². The second-order valence-electron chi connectivity index (χ2n) is 4.18. The van der Waals surface area contributed by atoms with Crippen LogP contribution < -0.4 is 15.7 Å². The average Bonchev–Trinajstić information content (AvgIpc) is 2.40. The van der Waals surface area contributed by atoms with E-state index in [0.29, 0.717) is 19.5 Å². The van der Waals surface area contributed by atoms with Gasteiger partial charge < -0.3 is 10.6 Å². The van der Waals surface area contributed by atoms with Crippen LogP contribution >= 0.6 is 9.39 Å². The van der Waals surface area contributed by atoms with E-state index in [1.807, 2.05) is 34.6 Å². The third kappa shape index (κ3) is 11.0. The van der Waals surface area contributed by atoms with Gasteiger partial charge in [0.2, 0.25) is 5.91 Å². The smallest absolute Gasteiger partial charge is 0.238 e. The molecule has 2 atom stereocenters. The Hall–Kier alpha value is -0.510. The lowest BCUT2D eigenvalue weighted by Gasteiger charge is -2.17. The normalized spacial score (nSPS) is 11.5. The van der Waals surface area contributed by atoms with Crippen LogP contribution in [0.1, 0.15) is 41.0 Å². The van der Waals surface area contributed by atoms with Crippen molar-refractivity contribution in [2.75, 3.05) is 19.6 Å². The second kappa shape index (κ2) is 13.9. The number of hydrogen-bond acceptors (Lipinski definition) is 4. The molecule has 0 bridgehead atoms. The number of Topliss-reactive ketones (excluding diaryl/α,β-unsaturated/α-hetero) is 1. The number of carbonyl (C=O) groups excluding carboxylic acids is 2. The highest BCUT2D eigenvalue weighted by Gasteiger charge is 2.16. The fourth-order valence-corrected chi connectivity index (χ4v) is 1.58. The molecule has 0 heterocycles. The fourth-order valence-electron chi connectivity index (χ4n) is 1.34. The molecular formula is C13H30N3O2P. The molecule has 0 fully saturated rings. The largest absolute Gasteiger partial charge is 0.354 e. The van der Waals surface area contributed by atoms with Crippen molar-refractivity contribution in [3.63, 3.8) is 0 Å². The highest BCUT2D eigenvalue weighted by atomic mass is 31.0. The number of likely N-dealkylation sites (N-methyl/N-ethyl adjacent to an activating group) is 1. The molecule has 0 aromatic rings. The molecule has 114 valence electrons. The summed E-state index contributed by atoms with van der Waals surface area (Å²) in [5, 5.41) is 8.72. The lowest BCUT2D eigenvalue weighted by atomic mass is 10.1. The maximum Gasteiger partial charge on any atom is 0.238 e. The first-order valence-electron chi connectivity index (χ1n) is 7.00. The zero-order valence-electron chi connectivity index (χ0n) is 12.9. The van der Waals surface area contributed by atoms with E-state index < -0.39 is 0 Å². The molecule has 0 aromatic carbocycles. The van der Waals surface area contributed by atoms with Gasteiger partial charge in [-0.05, 0) is 6.54 Å². The SMILES string of the molecule is CC.CCNC(CNP)C(=O)NCCC(=O)C(C)C. The molecule has 5 nitrogen and oxygen atoms in total. The van der Waals surface area contributed by atoms with E-state index in [1.165, 1.54) is 0 Å². The Morgan fingerprint density at radius 2 is 1.79 bits per heavy atom. The van der Waals surface area contributed by atoms with Crippen molar-refractivity contribution < 1.29 is 9.59 Å². The Balaban J connectivity index is 0. The van der Waals surface area contributed by atoms with Crippen molar-refractivity contribution in [3.8, 4) is 0 Å². The van der Waals surface area contributed by atoms with Gasteiger partial charge in [0, 0.05) is 25.4 Å². The summed E-state index contributed by atoms with van der Waals surface area (Å²) in [4.78, 5) is 23.1. The third-order valence-electron chi connectivity index (χ3n) is 2.40.